The normalized spacial score (nSPS) is 20.2. The van der Waals surface area contributed by atoms with Crippen LogP contribution in [0.25, 0.3) is 11.1 Å². The molecule has 0 heterocycles. The summed E-state index contributed by atoms with van der Waals surface area (Å²) in [5, 5.41) is 21.9. The molecule has 1 aliphatic carbocycles. The molecule has 0 bridgehead atoms. The lowest BCUT2D eigenvalue weighted by molar-refractivity contribution is -0.149. The molecule has 3 N–H and O–H groups in total. The van der Waals surface area contributed by atoms with Crippen LogP contribution in [-0.4, -0.2) is 34.1 Å². The maximum Gasteiger partial charge on any atom is 0.307 e. The molecule has 0 radical (unpaired) electrons. The molecule has 4 unspecified atom stereocenters. The lowest BCUT2D eigenvalue weighted by Crippen LogP contribution is -2.45. The Morgan fingerprint density at radius 2 is 1.50 bits per heavy atom. The molecule has 0 aromatic heterocycles. The molecule has 1 amide bonds. The first-order valence-electron chi connectivity index (χ1n) is 11.3. The summed E-state index contributed by atoms with van der Waals surface area (Å²) in [5.74, 6) is -3.98. The van der Waals surface area contributed by atoms with Gasteiger partial charge in [0, 0.05) is 6.04 Å². The van der Waals surface area contributed by atoms with E-state index in [1.54, 1.807) is 6.92 Å². The number of hydrogen-bond donors (Lipinski definition) is 3. The molecular weight excluding hydrogens is 406 g/mol. The molecule has 170 valence electrons. The second-order valence-corrected chi connectivity index (χ2v) is 8.78. The SMILES string of the molecule is CC(CC(Cc1ccc(-c2ccccc2)cc1)NC(=O)C1CCCCC1C(=O)O)C(=O)O. The average molecular weight is 438 g/mol. The predicted molar refractivity (Wildman–Crippen MR) is 122 cm³/mol. The van der Waals surface area contributed by atoms with Gasteiger partial charge in [-0.2, -0.15) is 0 Å². The topological polar surface area (TPSA) is 104 Å². The highest BCUT2D eigenvalue weighted by Crippen LogP contribution is 2.31. The van der Waals surface area contributed by atoms with Crippen molar-refractivity contribution in [3.05, 3.63) is 60.2 Å². The highest BCUT2D eigenvalue weighted by atomic mass is 16.4. The van der Waals surface area contributed by atoms with Crippen LogP contribution in [0.5, 0.6) is 0 Å². The summed E-state index contributed by atoms with van der Waals surface area (Å²) >= 11 is 0. The Morgan fingerprint density at radius 1 is 0.906 bits per heavy atom. The van der Waals surface area contributed by atoms with Gasteiger partial charge in [0.15, 0.2) is 0 Å². The van der Waals surface area contributed by atoms with Crippen molar-refractivity contribution >= 4 is 17.8 Å². The molecule has 0 spiro atoms. The molecule has 32 heavy (non-hydrogen) atoms. The zero-order chi connectivity index (χ0) is 23.1. The lowest BCUT2D eigenvalue weighted by Gasteiger charge is -2.30. The van der Waals surface area contributed by atoms with Crippen molar-refractivity contribution in [3.63, 3.8) is 0 Å². The van der Waals surface area contributed by atoms with Gasteiger partial charge in [0.2, 0.25) is 5.91 Å². The first-order valence-corrected chi connectivity index (χ1v) is 11.3. The van der Waals surface area contributed by atoms with Crippen molar-refractivity contribution in [2.75, 3.05) is 0 Å². The molecule has 1 saturated carbocycles. The minimum atomic E-state index is -0.934. The minimum absolute atomic E-state index is 0.277. The van der Waals surface area contributed by atoms with E-state index in [1.165, 1.54) is 0 Å². The standard InChI is InChI=1S/C26H31NO5/c1-17(25(29)30)15-21(27-24(28)22-9-5-6-10-23(22)26(31)32)16-18-11-13-20(14-12-18)19-7-3-2-4-8-19/h2-4,7-8,11-14,17,21-23H,5-6,9-10,15-16H2,1H3,(H,27,28)(H,29,30)(H,31,32). The average Bonchev–Trinajstić information content (AvgIpc) is 2.80. The molecule has 3 rings (SSSR count). The van der Waals surface area contributed by atoms with Crippen LogP contribution in [0.3, 0.4) is 0 Å². The quantitative estimate of drug-likeness (QED) is 0.540. The van der Waals surface area contributed by atoms with Gasteiger partial charge in [0.25, 0.3) is 0 Å². The van der Waals surface area contributed by atoms with Crippen LogP contribution in [0.2, 0.25) is 0 Å². The Labute approximate surface area is 188 Å². The zero-order valence-corrected chi connectivity index (χ0v) is 18.4. The Balaban J connectivity index is 1.73. The fourth-order valence-corrected chi connectivity index (χ4v) is 4.52. The Morgan fingerprint density at radius 3 is 2.09 bits per heavy atom. The maximum absolute atomic E-state index is 13.0. The number of aliphatic carboxylic acids is 2. The Bertz CT molecular complexity index is 925. The second kappa shape index (κ2) is 10.9. The number of carboxylic acid groups (broad SMARTS) is 2. The molecule has 1 fully saturated rings. The van der Waals surface area contributed by atoms with E-state index >= 15 is 0 Å². The van der Waals surface area contributed by atoms with Crippen LogP contribution in [0.15, 0.2) is 54.6 Å². The summed E-state index contributed by atoms with van der Waals surface area (Å²) in [6.07, 6.45) is 3.47. The number of carbonyl (C=O) groups excluding carboxylic acids is 1. The number of amides is 1. The van der Waals surface area contributed by atoms with Crippen molar-refractivity contribution in [1.82, 2.24) is 5.32 Å². The fraction of sp³-hybridized carbons (Fsp3) is 0.423. The van der Waals surface area contributed by atoms with Crippen LogP contribution >= 0.6 is 0 Å². The van der Waals surface area contributed by atoms with E-state index in [2.05, 4.69) is 5.32 Å². The second-order valence-electron chi connectivity index (χ2n) is 8.78. The van der Waals surface area contributed by atoms with Crippen LogP contribution < -0.4 is 5.32 Å². The number of hydrogen-bond acceptors (Lipinski definition) is 3. The molecule has 1 aliphatic rings. The van der Waals surface area contributed by atoms with Crippen molar-refractivity contribution in [3.8, 4) is 11.1 Å². The van der Waals surface area contributed by atoms with Crippen LogP contribution in [0, 0.1) is 17.8 Å². The third-order valence-electron chi connectivity index (χ3n) is 6.37. The van der Waals surface area contributed by atoms with Gasteiger partial charge < -0.3 is 15.5 Å². The van der Waals surface area contributed by atoms with Gasteiger partial charge in [0.1, 0.15) is 0 Å². The number of rotatable bonds is 9. The maximum atomic E-state index is 13.0. The fourth-order valence-electron chi connectivity index (χ4n) is 4.52. The van der Waals surface area contributed by atoms with Crippen molar-refractivity contribution in [2.45, 2.75) is 51.5 Å². The summed E-state index contributed by atoms with van der Waals surface area (Å²) in [5.41, 5.74) is 3.19. The van der Waals surface area contributed by atoms with Gasteiger partial charge in [-0.15, -0.1) is 0 Å². The van der Waals surface area contributed by atoms with Gasteiger partial charge >= 0.3 is 11.9 Å². The summed E-state index contributed by atoms with van der Waals surface area (Å²) in [6.45, 7) is 1.63. The highest BCUT2D eigenvalue weighted by Gasteiger charge is 2.36. The number of carbonyl (C=O) groups is 3. The van der Waals surface area contributed by atoms with E-state index in [0.29, 0.717) is 19.3 Å². The van der Waals surface area contributed by atoms with Gasteiger partial charge in [-0.3, -0.25) is 14.4 Å². The molecule has 6 nitrogen and oxygen atoms in total. The summed E-state index contributed by atoms with van der Waals surface area (Å²) < 4.78 is 0. The third kappa shape index (κ3) is 6.19. The van der Waals surface area contributed by atoms with Crippen molar-refractivity contribution < 1.29 is 24.6 Å². The van der Waals surface area contributed by atoms with Crippen LogP contribution in [-0.2, 0) is 20.8 Å². The number of benzene rings is 2. The Kier molecular flexibility index (Phi) is 8.03. The van der Waals surface area contributed by atoms with Crippen molar-refractivity contribution in [1.29, 1.82) is 0 Å². The molecular formula is C26H31NO5. The lowest BCUT2D eigenvalue weighted by atomic mass is 9.78. The highest BCUT2D eigenvalue weighted by molar-refractivity contribution is 5.85. The number of carboxylic acids is 2. The zero-order valence-electron chi connectivity index (χ0n) is 18.4. The van der Waals surface area contributed by atoms with E-state index in [9.17, 15) is 24.6 Å². The summed E-state index contributed by atoms with van der Waals surface area (Å²) in [7, 11) is 0. The first kappa shape index (κ1) is 23.5. The summed E-state index contributed by atoms with van der Waals surface area (Å²) in [4.78, 5) is 36.0. The predicted octanol–water partition coefficient (Wildman–Crippen LogP) is 4.38. The molecule has 4 atom stereocenters. The van der Waals surface area contributed by atoms with E-state index in [1.807, 2.05) is 54.6 Å². The van der Waals surface area contributed by atoms with E-state index < -0.39 is 29.7 Å². The molecule has 2 aromatic carbocycles. The van der Waals surface area contributed by atoms with Gasteiger partial charge in [0.05, 0.1) is 17.8 Å². The van der Waals surface area contributed by atoms with E-state index in [4.69, 9.17) is 0 Å². The van der Waals surface area contributed by atoms with Crippen LogP contribution in [0.1, 0.15) is 44.6 Å². The molecule has 2 aromatic rings. The largest absolute Gasteiger partial charge is 0.481 e. The Hall–Kier alpha value is -3.15. The smallest absolute Gasteiger partial charge is 0.307 e. The molecule has 0 aliphatic heterocycles. The van der Waals surface area contributed by atoms with Gasteiger partial charge in [-0.1, -0.05) is 74.4 Å². The van der Waals surface area contributed by atoms with Crippen molar-refractivity contribution in [2.24, 2.45) is 17.8 Å². The first-order chi connectivity index (χ1) is 15.3. The molecule has 6 heteroatoms. The minimum Gasteiger partial charge on any atom is -0.481 e. The molecule has 0 saturated heterocycles. The number of nitrogens with one attached hydrogen (secondary N) is 1. The monoisotopic (exact) mass is 437 g/mol. The third-order valence-corrected chi connectivity index (χ3v) is 6.37. The summed E-state index contributed by atoms with van der Waals surface area (Å²) in [6, 6.07) is 17.7. The van der Waals surface area contributed by atoms with Gasteiger partial charge in [-0.25, -0.2) is 0 Å². The van der Waals surface area contributed by atoms with Crippen LogP contribution in [0.4, 0.5) is 0 Å². The van der Waals surface area contributed by atoms with Gasteiger partial charge in [-0.05, 0) is 42.4 Å². The van der Waals surface area contributed by atoms with E-state index in [0.717, 1.165) is 29.5 Å². The van der Waals surface area contributed by atoms with E-state index in [-0.39, 0.29) is 18.4 Å².